The molecule has 2 amide bonds. The Morgan fingerprint density at radius 1 is 1.08 bits per heavy atom. The fourth-order valence-electron chi connectivity index (χ4n) is 5.93. The first-order valence-electron chi connectivity index (χ1n) is 13.8. The first kappa shape index (κ1) is 26.8. The topological polar surface area (TPSA) is 94.6 Å². The Kier molecular flexibility index (Phi) is 8.12. The molecular formula is C30H38N4O3S. The Bertz CT molecular complexity index is 1300. The molecule has 2 fully saturated rings. The molecular weight excluding hydrogens is 496 g/mol. The normalized spacial score (nSPS) is 23.4. The number of nitrogens with one attached hydrogen (secondary N) is 2. The molecule has 1 aliphatic heterocycles. The Hall–Kier alpha value is -2.81. The van der Waals surface area contributed by atoms with Crippen LogP contribution in [0.3, 0.4) is 0 Å². The van der Waals surface area contributed by atoms with Gasteiger partial charge in [0.25, 0.3) is 0 Å². The van der Waals surface area contributed by atoms with Crippen molar-refractivity contribution < 1.29 is 14.7 Å². The number of fused-ring (bicyclic) bond motifs is 1. The summed E-state index contributed by atoms with van der Waals surface area (Å²) in [6.45, 7) is 4.58. The van der Waals surface area contributed by atoms with Crippen LogP contribution in [-0.2, 0) is 9.59 Å². The number of likely N-dealkylation sites (tertiary alicyclic amines) is 1. The second kappa shape index (κ2) is 11.5. The lowest BCUT2D eigenvalue weighted by molar-refractivity contribution is -0.139. The van der Waals surface area contributed by atoms with Gasteiger partial charge in [-0.3, -0.25) is 9.59 Å². The molecule has 38 heavy (non-hydrogen) atoms. The molecule has 3 aromatic rings. The number of nitrogens with zero attached hydrogens (tertiary/aromatic N) is 2. The highest BCUT2D eigenvalue weighted by Crippen LogP contribution is 2.39. The van der Waals surface area contributed by atoms with Gasteiger partial charge in [-0.1, -0.05) is 36.4 Å². The number of aliphatic hydroxyl groups excluding tert-OH is 1. The summed E-state index contributed by atoms with van der Waals surface area (Å²) in [4.78, 5) is 33.9. The average Bonchev–Trinajstić information content (AvgIpc) is 3.62. The summed E-state index contributed by atoms with van der Waals surface area (Å²) >= 11 is 1.61. The second-order valence-corrected chi connectivity index (χ2v) is 11.7. The van der Waals surface area contributed by atoms with Gasteiger partial charge in [-0.15, -0.1) is 11.3 Å². The molecule has 2 heterocycles. The highest BCUT2D eigenvalue weighted by molar-refractivity contribution is 7.10. The number of hydrogen-bond donors (Lipinski definition) is 3. The molecule has 1 saturated carbocycles. The van der Waals surface area contributed by atoms with Gasteiger partial charge in [-0.05, 0) is 81.7 Å². The van der Waals surface area contributed by atoms with E-state index in [2.05, 4.69) is 59.3 Å². The van der Waals surface area contributed by atoms with Crippen LogP contribution in [0.4, 0.5) is 0 Å². The van der Waals surface area contributed by atoms with Crippen LogP contribution in [0.15, 0.2) is 41.8 Å². The van der Waals surface area contributed by atoms with Crippen LogP contribution in [0.2, 0.25) is 0 Å². The third-order valence-electron chi connectivity index (χ3n) is 8.36. The van der Waals surface area contributed by atoms with Crippen molar-refractivity contribution in [3.05, 3.63) is 52.3 Å². The lowest BCUT2D eigenvalue weighted by Gasteiger charge is -2.36. The van der Waals surface area contributed by atoms with Gasteiger partial charge in [0.1, 0.15) is 11.0 Å². The number of likely N-dealkylation sites (N-methyl/N-ethyl adjacent to an activating group) is 1. The molecule has 202 valence electrons. The molecule has 0 bridgehead atoms. The minimum Gasteiger partial charge on any atom is -0.393 e. The molecule has 8 heteroatoms. The van der Waals surface area contributed by atoms with Crippen LogP contribution >= 0.6 is 11.3 Å². The molecule has 2 aliphatic rings. The van der Waals surface area contributed by atoms with Crippen LogP contribution < -0.4 is 10.6 Å². The summed E-state index contributed by atoms with van der Waals surface area (Å²) in [6.07, 6.45) is 4.24. The zero-order valence-corrected chi connectivity index (χ0v) is 23.3. The van der Waals surface area contributed by atoms with E-state index in [1.54, 1.807) is 25.3 Å². The molecule has 0 spiro atoms. The minimum absolute atomic E-state index is 0.0194. The number of hydrogen-bond acceptors (Lipinski definition) is 6. The van der Waals surface area contributed by atoms with Crippen molar-refractivity contribution in [2.45, 2.75) is 76.6 Å². The number of carbonyl (C=O) groups is 2. The van der Waals surface area contributed by atoms with Gasteiger partial charge in [-0.2, -0.15) is 0 Å². The molecule has 1 aliphatic carbocycles. The molecule has 0 unspecified atom stereocenters. The van der Waals surface area contributed by atoms with Crippen LogP contribution in [0, 0.1) is 12.8 Å². The maximum absolute atomic E-state index is 14.1. The zero-order chi connectivity index (χ0) is 26.8. The number of thiazole rings is 1. The van der Waals surface area contributed by atoms with E-state index >= 15 is 0 Å². The van der Waals surface area contributed by atoms with E-state index in [0.717, 1.165) is 41.9 Å². The standard InChI is InChI=1S/C30H38N4O3S/c1-18-10-15-24(23-8-5-4-7-22(18)23)25-17-38-29(32-25)26-9-6-16-34(26)30(37)27(33-28(36)19(2)31-3)20-11-13-21(35)14-12-20/h4-5,7-8,10,15,17,19-21,26-27,31,35H,6,9,11-14,16H2,1-3H3,(H,33,36)/t19-,20?,21?,26-,27-/m0/s1. The number of amides is 2. The van der Waals surface area contributed by atoms with Crippen LogP contribution in [0.5, 0.6) is 0 Å². The molecule has 0 radical (unpaired) electrons. The summed E-state index contributed by atoms with van der Waals surface area (Å²) in [6, 6.07) is 11.6. The molecule has 3 atom stereocenters. The van der Waals surface area contributed by atoms with Crippen molar-refractivity contribution in [1.82, 2.24) is 20.5 Å². The summed E-state index contributed by atoms with van der Waals surface area (Å²) in [5.41, 5.74) is 3.29. The second-order valence-electron chi connectivity index (χ2n) is 10.8. The highest BCUT2D eigenvalue weighted by atomic mass is 32.1. The quantitative estimate of drug-likeness (QED) is 0.413. The molecule has 1 aromatic heterocycles. The number of carbonyl (C=O) groups excluding carboxylic acids is 2. The van der Waals surface area contributed by atoms with Crippen LogP contribution in [-0.4, -0.2) is 58.6 Å². The average molecular weight is 535 g/mol. The first-order valence-corrected chi connectivity index (χ1v) is 14.7. The van der Waals surface area contributed by atoms with Gasteiger partial charge in [0.15, 0.2) is 0 Å². The lowest BCUT2D eigenvalue weighted by atomic mass is 9.81. The van der Waals surface area contributed by atoms with Crippen molar-refractivity contribution in [3.8, 4) is 11.3 Å². The Morgan fingerprint density at radius 2 is 1.82 bits per heavy atom. The lowest BCUT2D eigenvalue weighted by Crippen LogP contribution is -2.55. The molecule has 1 saturated heterocycles. The SMILES string of the molecule is CN[C@@H](C)C(=O)N[C@H](C(=O)N1CCC[C@H]1c1nc(-c2ccc(C)c3ccccc23)cs1)C1CCC(O)CC1. The van der Waals surface area contributed by atoms with E-state index < -0.39 is 6.04 Å². The van der Waals surface area contributed by atoms with Gasteiger partial charge in [0, 0.05) is 17.5 Å². The van der Waals surface area contributed by atoms with Gasteiger partial charge in [0.05, 0.1) is 23.9 Å². The fraction of sp³-hybridized carbons (Fsp3) is 0.500. The number of aryl methyl sites for hydroxylation is 1. The number of aromatic nitrogens is 1. The van der Waals surface area contributed by atoms with E-state index in [4.69, 9.17) is 4.98 Å². The Morgan fingerprint density at radius 3 is 2.55 bits per heavy atom. The third kappa shape index (κ3) is 5.35. The summed E-state index contributed by atoms with van der Waals surface area (Å²) in [5.74, 6) is -0.176. The van der Waals surface area contributed by atoms with E-state index in [1.165, 1.54) is 16.3 Å². The maximum atomic E-state index is 14.1. The summed E-state index contributed by atoms with van der Waals surface area (Å²) in [5, 5.41) is 21.5. The predicted molar refractivity (Wildman–Crippen MR) is 152 cm³/mol. The molecule has 2 aromatic carbocycles. The Balaban J connectivity index is 1.40. The van der Waals surface area contributed by atoms with Gasteiger partial charge in [0.2, 0.25) is 11.8 Å². The highest BCUT2D eigenvalue weighted by Gasteiger charge is 2.40. The van der Waals surface area contributed by atoms with Crippen LogP contribution in [0.25, 0.3) is 22.0 Å². The van der Waals surface area contributed by atoms with Crippen molar-refractivity contribution in [2.75, 3.05) is 13.6 Å². The van der Waals surface area contributed by atoms with E-state index in [0.29, 0.717) is 19.4 Å². The van der Waals surface area contributed by atoms with Crippen molar-refractivity contribution in [2.24, 2.45) is 5.92 Å². The first-order chi connectivity index (χ1) is 18.4. The fourth-order valence-corrected chi connectivity index (χ4v) is 6.89. The van der Waals surface area contributed by atoms with Gasteiger partial charge >= 0.3 is 0 Å². The van der Waals surface area contributed by atoms with E-state index in [1.807, 2.05) is 4.90 Å². The predicted octanol–water partition coefficient (Wildman–Crippen LogP) is 4.58. The van der Waals surface area contributed by atoms with Gasteiger partial charge < -0.3 is 20.6 Å². The minimum atomic E-state index is -0.591. The maximum Gasteiger partial charge on any atom is 0.246 e. The molecule has 5 rings (SSSR count). The number of rotatable bonds is 7. The van der Waals surface area contributed by atoms with Gasteiger partial charge in [-0.25, -0.2) is 4.98 Å². The summed E-state index contributed by atoms with van der Waals surface area (Å²) < 4.78 is 0. The monoisotopic (exact) mass is 534 g/mol. The summed E-state index contributed by atoms with van der Waals surface area (Å²) in [7, 11) is 1.74. The third-order valence-corrected chi connectivity index (χ3v) is 9.31. The van der Waals surface area contributed by atoms with E-state index in [9.17, 15) is 14.7 Å². The zero-order valence-electron chi connectivity index (χ0n) is 22.4. The van der Waals surface area contributed by atoms with Crippen molar-refractivity contribution in [1.29, 1.82) is 0 Å². The molecule has 3 N–H and O–H groups in total. The van der Waals surface area contributed by atoms with Crippen molar-refractivity contribution in [3.63, 3.8) is 0 Å². The van der Waals surface area contributed by atoms with Crippen LogP contribution in [0.1, 0.15) is 62.1 Å². The van der Waals surface area contributed by atoms with E-state index in [-0.39, 0.29) is 35.9 Å². The smallest absolute Gasteiger partial charge is 0.246 e. The Labute approximate surface area is 228 Å². The number of benzene rings is 2. The molecule has 7 nitrogen and oxygen atoms in total. The number of aliphatic hydroxyl groups is 1. The largest absolute Gasteiger partial charge is 0.393 e. The van der Waals surface area contributed by atoms with Crippen molar-refractivity contribution >= 4 is 33.9 Å².